The molecule has 0 unspecified atom stereocenters. The summed E-state index contributed by atoms with van der Waals surface area (Å²) >= 11 is 15.4. The van der Waals surface area contributed by atoms with Gasteiger partial charge in [-0.2, -0.15) is 0 Å². The van der Waals surface area contributed by atoms with Gasteiger partial charge in [0.25, 0.3) is 0 Å². The molecule has 6 heteroatoms. The Kier molecular flexibility index (Phi) is 6.29. The Labute approximate surface area is 165 Å². The molecule has 0 bridgehead atoms. The number of fused-ring (bicyclic) bond motifs is 1. The van der Waals surface area contributed by atoms with Crippen LogP contribution in [0, 0.1) is 0 Å². The van der Waals surface area contributed by atoms with E-state index in [0.717, 1.165) is 32.7 Å². The number of carbonyl (C=O) groups is 1. The van der Waals surface area contributed by atoms with Crippen LogP contribution in [0.4, 0.5) is 0 Å². The zero-order valence-corrected chi connectivity index (χ0v) is 16.7. The Bertz CT molecular complexity index is 906. The van der Waals surface area contributed by atoms with Gasteiger partial charge < -0.3 is 4.74 Å². The highest BCUT2D eigenvalue weighted by Gasteiger charge is 2.11. The van der Waals surface area contributed by atoms with Gasteiger partial charge in [-0.1, -0.05) is 36.2 Å². The molecule has 3 rings (SSSR count). The minimum atomic E-state index is -0.182. The highest BCUT2D eigenvalue weighted by Crippen LogP contribution is 2.36. The molecule has 0 aliphatic carbocycles. The first-order chi connectivity index (χ1) is 12.1. The van der Waals surface area contributed by atoms with E-state index >= 15 is 0 Å². The third-order valence-electron chi connectivity index (χ3n) is 3.60. The molecule has 0 saturated carbocycles. The van der Waals surface area contributed by atoms with Gasteiger partial charge in [-0.25, -0.2) is 0 Å². The zero-order chi connectivity index (χ0) is 17.8. The van der Waals surface area contributed by atoms with Gasteiger partial charge in [-0.3, -0.25) is 4.79 Å². The van der Waals surface area contributed by atoms with Gasteiger partial charge in [0.2, 0.25) is 0 Å². The molecule has 25 heavy (non-hydrogen) atoms. The van der Waals surface area contributed by atoms with Crippen molar-refractivity contribution in [1.29, 1.82) is 0 Å². The van der Waals surface area contributed by atoms with Crippen LogP contribution < -0.4 is 4.74 Å². The Morgan fingerprint density at radius 2 is 2.04 bits per heavy atom. The van der Waals surface area contributed by atoms with Crippen molar-refractivity contribution in [3.63, 3.8) is 0 Å². The van der Waals surface area contributed by atoms with Crippen LogP contribution >= 0.6 is 46.3 Å². The van der Waals surface area contributed by atoms with Crippen LogP contribution in [0.3, 0.4) is 0 Å². The number of thioether (sulfide) groups is 1. The van der Waals surface area contributed by atoms with Crippen molar-refractivity contribution in [2.45, 2.75) is 30.4 Å². The number of ether oxygens (including phenoxy) is 1. The normalized spacial score (nSPS) is 11.0. The summed E-state index contributed by atoms with van der Waals surface area (Å²) in [6, 6.07) is 11.7. The number of thiophene rings is 1. The molecule has 0 amide bonds. The van der Waals surface area contributed by atoms with Crippen LogP contribution in [-0.4, -0.2) is 5.97 Å². The predicted molar refractivity (Wildman–Crippen MR) is 108 cm³/mol. The fraction of sp³-hybridized carbons (Fsp3) is 0.211. The molecule has 0 saturated heterocycles. The molecule has 1 aromatic heterocycles. The van der Waals surface area contributed by atoms with E-state index in [1.54, 1.807) is 29.2 Å². The lowest BCUT2D eigenvalue weighted by molar-refractivity contribution is -0.134. The average molecular weight is 411 g/mol. The third kappa shape index (κ3) is 4.70. The molecule has 0 aliphatic heterocycles. The van der Waals surface area contributed by atoms with Crippen molar-refractivity contribution < 1.29 is 9.53 Å². The third-order valence-corrected chi connectivity index (χ3v) is 6.15. The SMILES string of the molecule is CCCC(=O)Oc1csc2cc(SCc3ccc(Cl)cc3Cl)ccc12. The van der Waals surface area contributed by atoms with Crippen molar-refractivity contribution in [2.24, 2.45) is 0 Å². The van der Waals surface area contributed by atoms with Crippen molar-refractivity contribution in [3.05, 3.63) is 57.4 Å². The minimum absolute atomic E-state index is 0.182. The van der Waals surface area contributed by atoms with E-state index in [2.05, 4.69) is 6.07 Å². The monoisotopic (exact) mass is 410 g/mol. The Hall–Kier alpha value is -1.20. The van der Waals surface area contributed by atoms with Crippen molar-refractivity contribution >= 4 is 62.4 Å². The summed E-state index contributed by atoms with van der Waals surface area (Å²) in [5, 5.41) is 4.19. The molecule has 0 aliphatic rings. The molecule has 1 heterocycles. The molecule has 130 valence electrons. The molecule has 0 radical (unpaired) electrons. The number of hydrogen-bond donors (Lipinski definition) is 0. The second-order valence-electron chi connectivity index (χ2n) is 5.51. The number of rotatable bonds is 6. The maximum absolute atomic E-state index is 11.7. The van der Waals surface area contributed by atoms with Crippen LogP contribution in [0.2, 0.25) is 10.0 Å². The van der Waals surface area contributed by atoms with Gasteiger partial charge in [-0.15, -0.1) is 23.1 Å². The van der Waals surface area contributed by atoms with Crippen molar-refractivity contribution in [2.75, 3.05) is 0 Å². The number of benzene rings is 2. The fourth-order valence-corrected chi connectivity index (χ4v) is 4.80. The fourth-order valence-electron chi connectivity index (χ4n) is 2.33. The van der Waals surface area contributed by atoms with Gasteiger partial charge in [0.15, 0.2) is 0 Å². The molecule has 3 aromatic rings. The van der Waals surface area contributed by atoms with Gasteiger partial charge in [0.1, 0.15) is 5.75 Å². The van der Waals surface area contributed by atoms with E-state index in [-0.39, 0.29) is 5.97 Å². The largest absolute Gasteiger partial charge is 0.425 e. The van der Waals surface area contributed by atoms with Crippen LogP contribution in [0.1, 0.15) is 25.3 Å². The van der Waals surface area contributed by atoms with E-state index in [0.29, 0.717) is 22.2 Å². The van der Waals surface area contributed by atoms with E-state index in [1.165, 1.54) is 0 Å². The Morgan fingerprint density at radius 1 is 1.20 bits per heavy atom. The lowest BCUT2D eigenvalue weighted by Gasteiger charge is -2.06. The van der Waals surface area contributed by atoms with Crippen LogP contribution in [0.15, 0.2) is 46.7 Å². The number of halogens is 2. The summed E-state index contributed by atoms with van der Waals surface area (Å²) in [5.74, 6) is 1.24. The van der Waals surface area contributed by atoms with Gasteiger partial charge in [0, 0.05) is 42.6 Å². The number of esters is 1. The molecule has 2 nitrogen and oxygen atoms in total. The first-order valence-electron chi connectivity index (χ1n) is 7.85. The summed E-state index contributed by atoms with van der Waals surface area (Å²) in [6.45, 7) is 1.96. The maximum Gasteiger partial charge on any atom is 0.311 e. The van der Waals surface area contributed by atoms with Crippen LogP contribution in [0.5, 0.6) is 5.75 Å². The Morgan fingerprint density at radius 3 is 2.80 bits per heavy atom. The quantitative estimate of drug-likeness (QED) is 0.317. The minimum Gasteiger partial charge on any atom is -0.425 e. The summed E-state index contributed by atoms with van der Waals surface area (Å²) < 4.78 is 6.54. The predicted octanol–water partition coefficient (Wildman–Crippen LogP) is 7.21. The van der Waals surface area contributed by atoms with Gasteiger partial charge in [-0.05, 0) is 42.3 Å². The first-order valence-corrected chi connectivity index (χ1v) is 10.5. The summed E-state index contributed by atoms with van der Waals surface area (Å²) in [6.07, 6.45) is 1.22. The molecule has 0 fully saturated rings. The van der Waals surface area contributed by atoms with E-state index in [9.17, 15) is 4.79 Å². The summed E-state index contributed by atoms with van der Waals surface area (Å²) in [7, 11) is 0. The smallest absolute Gasteiger partial charge is 0.311 e. The second kappa shape index (κ2) is 8.45. The molecule has 0 N–H and O–H groups in total. The second-order valence-corrected chi connectivity index (χ2v) is 8.31. The molecule has 2 aromatic carbocycles. The van der Waals surface area contributed by atoms with Crippen LogP contribution in [-0.2, 0) is 10.5 Å². The zero-order valence-electron chi connectivity index (χ0n) is 13.6. The van der Waals surface area contributed by atoms with E-state index in [4.69, 9.17) is 27.9 Å². The lowest BCUT2D eigenvalue weighted by atomic mass is 10.2. The van der Waals surface area contributed by atoms with Crippen LogP contribution in [0.25, 0.3) is 10.1 Å². The molecular weight excluding hydrogens is 395 g/mol. The van der Waals surface area contributed by atoms with Crippen molar-refractivity contribution in [3.8, 4) is 5.75 Å². The van der Waals surface area contributed by atoms with E-state index < -0.39 is 0 Å². The topological polar surface area (TPSA) is 26.3 Å². The number of carbonyl (C=O) groups excluding carboxylic acids is 1. The summed E-state index contributed by atoms with van der Waals surface area (Å²) in [5.41, 5.74) is 1.05. The Balaban J connectivity index is 1.72. The molecular formula is C19H16Cl2O2S2. The maximum atomic E-state index is 11.7. The number of hydrogen-bond acceptors (Lipinski definition) is 4. The average Bonchev–Trinajstić information content (AvgIpc) is 2.96. The highest BCUT2D eigenvalue weighted by atomic mass is 35.5. The van der Waals surface area contributed by atoms with Crippen molar-refractivity contribution in [1.82, 2.24) is 0 Å². The molecule has 0 spiro atoms. The first kappa shape index (κ1) is 18.6. The summed E-state index contributed by atoms with van der Waals surface area (Å²) in [4.78, 5) is 12.8. The van der Waals surface area contributed by atoms with E-state index in [1.807, 2.05) is 36.6 Å². The molecule has 0 atom stereocenters. The standard InChI is InChI=1S/C19H16Cl2O2S2/c1-2-3-19(22)23-17-11-25-18-9-14(6-7-15(17)18)24-10-12-4-5-13(20)8-16(12)21/h4-9,11H,2-3,10H2,1H3. The van der Waals surface area contributed by atoms with Gasteiger partial charge in [0.05, 0.1) is 0 Å². The van der Waals surface area contributed by atoms with Gasteiger partial charge >= 0.3 is 5.97 Å². The highest BCUT2D eigenvalue weighted by molar-refractivity contribution is 7.98. The lowest BCUT2D eigenvalue weighted by Crippen LogP contribution is -2.06.